The third-order valence-electron chi connectivity index (χ3n) is 5.30. The van der Waals surface area contributed by atoms with Gasteiger partial charge in [-0.25, -0.2) is 0 Å². The fraction of sp³-hybridized carbons (Fsp3) is 0.280. The van der Waals surface area contributed by atoms with E-state index in [9.17, 15) is 35.9 Å². The number of aromatic nitrogens is 1. The van der Waals surface area contributed by atoms with E-state index in [0.29, 0.717) is 12.1 Å². The van der Waals surface area contributed by atoms with Gasteiger partial charge in [-0.15, -0.1) is 0 Å². The van der Waals surface area contributed by atoms with Crippen LogP contribution in [0.3, 0.4) is 0 Å². The first-order chi connectivity index (χ1) is 16.9. The molecule has 0 aliphatic heterocycles. The van der Waals surface area contributed by atoms with Gasteiger partial charge in [0, 0.05) is 24.2 Å². The second-order valence-corrected chi connectivity index (χ2v) is 8.04. The summed E-state index contributed by atoms with van der Waals surface area (Å²) in [4.78, 5) is 26.6. The van der Waals surface area contributed by atoms with Gasteiger partial charge >= 0.3 is 12.4 Å². The molecule has 0 saturated carbocycles. The molecule has 11 heteroatoms. The highest BCUT2D eigenvalue weighted by Crippen LogP contribution is 2.36. The van der Waals surface area contributed by atoms with E-state index in [0.717, 1.165) is 5.56 Å². The molecular weight excluding hydrogens is 490 g/mol. The molecule has 36 heavy (non-hydrogen) atoms. The summed E-state index contributed by atoms with van der Waals surface area (Å²) in [5, 5.41) is 2.69. The van der Waals surface area contributed by atoms with Gasteiger partial charge in [0.1, 0.15) is 0 Å². The van der Waals surface area contributed by atoms with Crippen molar-refractivity contribution in [2.45, 2.75) is 31.3 Å². The Kier molecular flexibility index (Phi) is 8.57. The number of alkyl halides is 6. The van der Waals surface area contributed by atoms with E-state index in [-0.39, 0.29) is 36.8 Å². The summed E-state index contributed by atoms with van der Waals surface area (Å²) in [5.41, 5.74) is -2.49. The number of carbonyl (C=O) groups excluding carboxylic acids is 1. The number of hydrogen-bond donors (Lipinski definition) is 2. The van der Waals surface area contributed by atoms with Crippen molar-refractivity contribution >= 4 is 5.91 Å². The molecule has 0 aliphatic rings. The van der Waals surface area contributed by atoms with Crippen LogP contribution in [-0.4, -0.2) is 24.0 Å². The zero-order valence-electron chi connectivity index (χ0n) is 18.7. The molecule has 0 fully saturated rings. The predicted molar refractivity (Wildman–Crippen MR) is 119 cm³/mol. The summed E-state index contributed by atoms with van der Waals surface area (Å²) in [6, 6.07) is 13.2. The zero-order chi connectivity index (χ0) is 26.3. The van der Waals surface area contributed by atoms with Crippen molar-refractivity contribution < 1.29 is 35.9 Å². The molecule has 0 aliphatic carbocycles. The molecule has 5 nitrogen and oxygen atoms in total. The summed E-state index contributed by atoms with van der Waals surface area (Å²) in [6.45, 7) is -0.512. The van der Waals surface area contributed by atoms with Crippen LogP contribution in [0, 0.1) is 0 Å². The SMILES string of the molecule is O=C(Cc1ccc[nH]c1=O)NCC(COCc1cc(C(F)(F)F)cc(C(F)(F)F)c1)c1ccccc1. The lowest BCUT2D eigenvalue weighted by atomic mass is 9.99. The van der Waals surface area contributed by atoms with Crippen molar-refractivity contribution in [2.24, 2.45) is 0 Å². The number of hydrogen-bond acceptors (Lipinski definition) is 3. The first-order valence-corrected chi connectivity index (χ1v) is 10.8. The van der Waals surface area contributed by atoms with Crippen molar-refractivity contribution in [1.82, 2.24) is 10.3 Å². The number of carbonyl (C=O) groups is 1. The van der Waals surface area contributed by atoms with Crippen LogP contribution in [-0.2, 0) is 34.9 Å². The van der Waals surface area contributed by atoms with E-state index < -0.39 is 47.5 Å². The van der Waals surface area contributed by atoms with Gasteiger partial charge < -0.3 is 15.0 Å². The van der Waals surface area contributed by atoms with Crippen LogP contribution in [0.15, 0.2) is 71.7 Å². The van der Waals surface area contributed by atoms with E-state index in [4.69, 9.17) is 4.74 Å². The number of benzene rings is 2. The summed E-state index contributed by atoms with van der Waals surface area (Å²) in [5.74, 6) is -0.877. The molecule has 2 aromatic carbocycles. The summed E-state index contributed by atoms with van der Waals surface area (Å²) in [7, 11) is 0. The van der Waals surface area contributed by atoms with Crippen LogP contribution in [0.5, 0.6) is 0 Å². The van der Waals surface area contributed by atoms with Crippen molar-refractivity contribution in [3.63, 3.8) is 0 Å². The van der Waals surface area contributed by atoms with Crippen LogP contribution in [0.1, 0.15) is 33.7 Å². The number of halogens is 6. The number of nitrogens with one attached hydrogen (secondary N) is 2. The van der Waals surface area contributed by atoms with Gasteiger partial charge in [-0.3, -0.25) is 9.59 Å². The average molecular weight is 512 g/mol. The van der Waals surface area contributed by atoms with Crippen LogP contribution in [0.25, 0.3) is 0 Å². The number of H-pyrrole nitrogens is 1. The second kappa shape index (κ2) is 11.4. The standard InChI is InChI=1S/C25H22F6N2O3/c26-24(27,28)20-9-16(10-21(12-20)25(29,30)31)14-36-15-19(17-5-2-1-3-6-17)13-33-22(34)11-18-7-4-8-32-23(18)35/h1-10,12,19H,11,13-15H2,(H,32,35)(H,33,34). The van der Waals surface area contributed by atoms with Gasteiger partial charge in [-0.05, 0) is 35.4 Å². The minimum absolute atomic E-state index is 0.0591. The predicted octanol–water partition coefficient (Wildman–Crippen LogP) is 5.07. The van der Waals surface area contributed by atoms with Crippen molar-refractivity contribution in [3.8, 4) is 0 Å². The number of ether oxygens (including phenoxy) is 1. The lowest BCUT2D eigenvalue weighted by Crippen LogP contribution is -2.32. The van der Waals surface area contributed by atoms with E-state index in [1.54, 1.807) is 36.4 Å². The van der Waals surface area contributed by atoms with Crippen LogP contribution in [0.2, 0.25) is 0 Å². The normalized spacial score (nSPS) is 12.8. The third-order valence-corrected chi connectivity index (χ3v) is 5.30. The Morgan fingerprint density at radius 3 is 2.14 bits per heavy atom. The molecule has 192 valence electrons. The molecule has 2 N–H and O–H groups in total. The minimum Gasteiger partial charge on any atom is -0.376 e. The average Bonchev–Trinajstić information content (AvgIpc) is 2.82. The Morgan fingerprint density at radius 1 is 0.917 bits per heavy atom. The highest BCUT2D eigenvalue weighted by Gasteiger charge is 2.36. The monoisotopic (exact) mass is 512 g/mol. The van der Waals surface area contributed by atoms with Gasteiger partial charge in [-0.2, -0.15) is 26.3 Å². The van der Waals surface area contributed by atoms with E-state index in [2.05, 4.69) is 10.3 Å². The smallest absolute Gasteiger partial charge is 0.376 e. The highest BCUT2D eigenvalue weighted by molar-refractivity contribution is 5.78. The lowest BCUT2D eigenvalue weighted by Gasteiger charge is -2.19. The fourth-order valence-electron chi connectivity index (χ4n) is 3.49. The molecule has 3 aromatic rings. The summed E-state index contributed by atoms with van der Waals surface area (Å²) in [6.07, 6.45) is -8.63. The Balaban J connectivity index is 1.69. The van der Waals surface area contributed by atoms with Gasteiger partial charge in [0.15, 0.2) is 0 Å². The molecule has 1 heterocycles. The minimum atomic E-state index is -4.95. The molecule has 0 saturated heterocycles. The van der Waals surface area contributed by atoms with Gasteiger partial charge in [0.05, 0.1) is 30.8 Å². The highest BCUT2D eigenvalue weighted by atomic mass is 19.4. The number of aromatic amines is 1. The van der Waals surface area contributed by atoms with E-state index in [1.165, 1.54) is 12.3 Å². The van der Waals surface area contributed by atoms with E-state index in [1.807, 2.05) is 0 Å². The Hall–Kier alpha value is -3.60. The quantitative estimate of drug-likeness (QED) is 0.394. The summed E-state index contributed by atoms with van der Waals surface area (Å²) >= 11 is 0. The molecule has 0 radical (unpaired) electrons. The summed E-state index contributed by atoms with van der Waals surface area (Å²) < 4.78 is 84.1. The molecule has 1 aromatic heterocycles. The number of pyridine rings is 1. The first kappa shape index (κ1) is 27.0. The molecular formula is C25H22F6N2O3. The second-order valence-electron chi connectivity index (χ2n) is 8.04. The Morgan fingerprint density at radius 2 is 1.56 bits per heavy atom. The molecule has 0 spiro atoms. The van der Waals surface area contributed by atoms with Crippen LogP contribution < -0.4 is 10.9 Å². The first-order valence-electron chi connectivity index (χ1n) is 10.8. The zero-order valence-corrected chi connectivity index (χ0v) is 18.7. The van der Waals surface area contributed by atoms with Gasteiger partial charge in [-0.1, -0.05) is 36.4 Å². The third kappa shape index (κ3) is 7.70. The topological polar surface area (TPSA) is 71.2 Å². The molecule has 1 amide bonds. The number of rotatable bonds is 9. The Bertz CT molecular complexity index is 1190. The fourth-order valence-corrected chi connectivity index (χ4v) is 3.49. The van der Waals surface area contributed by atoms with Crippen molar-refractivity contribution in [3.05, 3.63) is 105 Å². The maximum absolute atomic E-state index is 13.1. The maximum Gasteiger partial charge on any atom is 0.416 e. The maximum atomic E-state index is 13.1. The Labute approximate surface area is 202 Å². The van der Waals surface area contributed by atoms with Gasteiger partial charge in [0.2, 0.25) is 5.91 Å². The van der Waals surface area contributed by atoms with Crippen molar-refractivity contribution in [2.75, 3.05) is 13.2 Å². The van der Waals surface area contributed by atoms with Crippen LogP contribution in [0.4, 0.5) is 26.3 Å². The largest absolute Gasteiger partial charge is 0.416 e. The van der Waals surface area contributed by atoms with E-state index >= 15 is 0 Å². The number of amides is 1. The molecule has 0 bridgehead atoms. The lowest BCUT2D eigenvalue weighted by molar-refractivity contribution is -0.143. The molecule has 1 unspecified atom stereocenters. The molecule has 3 rings (SSSR count). The van der Waals surface area contributed by atoms with Crippen LogP contribution >= 0.6 is 0 Å². The van der Waals surface area contributed by atoms with Crippen molar-refractivity contribution in [1.29, 1.82) is 0 Å². The van der Waals surface area contributed by atoms with Gasteiger partial charge in [0.25, 0.3) is 5.56 Å². The molecule has 1 atom stereocenters.